The van der Waals surface area contributed by atoms with Crippen molar-refractivity contribution in [2.24, 2.45) is 5.16 Å². The number of oxime groups is 1. The van der Waals surface area contributed by atoms with Crippen LogP contribution in [-0.2, 0) is 0 Å². The lowest BCUT2D eigenvalue weighted by atomic mass is 10.1. The van der Waals surface area contributed by atoms with Crippen LogP contribution in [0.4, 0.5) is 0 Å². The number of nitrogens with one attached hydrogen (secondary N) is 2. The minimum absolute atomic E-state index is 0.0956. The van der Waals surface area contributed by atoms with Crippen molar-refractivity contribution in [2.45, 2.75) is 0 Å². The van der Waals surface area contributed by atoms with Crippen LogP contribution in [0.3, 0.4) is 0 Å². The van der Waals surface area contributed by atoms with Crippen LogP contribution in [0.1, 0.15) is 11.1 Å². The number of hydrogen-bond acceptors (Lipinski definition) is 4. The molecular formula is C11H9N3O3. The van der Waals surface area contributed by atoms with Crippen LogP contribution in [0.25, 0.3) is 0 Å². The molecule has 0 aliphatic carbocycles. The summed E-state index contributed by atoms with van der Waals surface area (Å²) in [6, 6.07) is 8.69. The molecule has 1 aromatic heterocycles. The Kier molecular flexibility index (Phi) is 2.87. The van der Waals surface area contributed by atoms with Crippen molar-refractivity contribution in [1.82, 2.24) is 9.97 Å². The molecule has 3 N–H and O–H groups in total. The first-order valence-electron chi connectivity index (χ1n) is 4.82. The van der Waals surface area contributed by atoms with Gasteiger partial charge < -0.3 is 10.2 Å². The number of benzene rings is 1. The molecule has 0 amide bonds. The van der Waals surface area contributed by atoms with Gasteiger partial charge in [-0.15, -0.1) is 0 Å². The molecule has 6 nitrogen and oxygen atoms in total. The number of aromatic amines is 2. The first-order chi connectivity index (χ1) is 8.22. The maximum atomic E-state index is 11.5. The van der Waals surface area contributed by atoms with Crippen molar-refractivity contribution in [1.29, 1.82) is 0 Å². The van der Waals surface area contributed by atoms with Crippen LogP contribution < -0.4 is 11.2 Å². The number of nitrogens with zero attached hydrogens (tertiary/aromatic N) is 1. The molecule has 0 radical (unpaired) electrons. The van der Waals surface area contributed by atoms with Gasteiger partial charge >= 0.3 is 5.69 Å². The van der Waals surface area contributed by atoms with Gasteiger partial charge in [0.2, 0.25) is 0 Å². The molecule has 6 heteroatoms. The fourth-order valence-electron chi connectivity index (χ4n) is 1.45. The van der Waals surface area contributed by atoms with E-state index in [1.54, 1.807) is 30.3 Å². The maximum absolute atomic E-state index is 11.5. The van der Waals surface area contributed by atoms with E-state index < -0.39 is 11.2 Å². The zero-order valence-electron chi connectivity index (χ0n) is 8.68. The first-order valence-corrected chi connectivity index (χ1v) is 4.82. The molecule has 1 aromatic carbocycles. The van der Waals surface area contributed by atoms with Crippen LogP contribution in [0.2, 0.25) is 0 Å². The van der Waals surface area contributed by atoms with Crippen LogP contribution in [0, 0.1) is 0 Å². The third-order valence-corrected chi connectivity index (χ3v) is 2.22. The Morgan fingerprint density at radius 2 is 1.88 bits per heavy atom. The summed E-state index contributed by atoms with van der Waals surface area (Å²) in [4.78, 5) is 26.8. The Bertz CT molecular complexity index is 655. The van der Waals surface area contributed by atoms with E-state index in [0.717, 1.165) is 0 Å². The summed E-state index contributed by atoms with van der Waals surface area (Å²) in [7, 11) is 0. The summed E-state index contributed by atoms with van der Waals surface area (Å²) in [6.07, 6.45) is 1.21. The SMILES string of the molecule is O=c1[nH]cc(/C(=N/O)c2ccccc2)c(=O)[nH]1. The molecule has 0 unspecified atom stereocenters. The lowest BCUT2D eigenvalue weighted by molar-refractivity contribution is 0.319. The summed E-state index contributed by atoms with van der Waals surface area (Å²) in [6.45, 7) is 0. The van der Waals surface area contributed by atoms with Crippen LogP contribution in [-0.4, -0.2) is 20.9 Å². The molecule has 86 valence electrons. The highest BCUT2D eigenvalue weighted by atomic mass is 16.4. The first kappa shape index (κ1) is 10.9. The lowest BCUT2D eigenvalue weighted by Gasteiger charge is -2.02. The summed E-state index contributed by atoms with van der Waals surface area (Å²) < 4.78 is 0. The molecule has 0 fully saturated rings. The number of hydrogen-bond donors (Lipinski definition) is 3. The summed E-state index contributed by atoms with van der Waals surface area (Å²) in [5.41, 5.74) is -0.441. The monoisotopic (exact) mass is 231 g/mol. The molecule has 0 aliphatic rings. The Hall–Kier alpha value is -2.63. The van der Waals surface area contributed by atoms with Crippen LogP contribution in [0.5, 0.6) is 0 Å². The van der Waals surface area contributed by atoms with E-state index >= 15 is 0 Å². The highest BCUT2D eigenvalue weighted by Crippen LogP contribution is 2.05. The molecule has 0 bridgehead atoms. The standard InChI is InChI=1S/C11H9N3O3/c15-10-8(6-12-11(16)13-10)9(14-17)7-4-2-1-3-5-7/h1-6,17H,(H2,12,13,15,16)/b14-9+. The molecule has 0 saturated carbocycles. The fourth-order valence-corrected chi connectivity index (χ4v) is 1.45. The minimum atomic E-state index is -0.607. The quantitative estimate of drug-likeness (QED) is 0.393. The predicted octanol–water partition coefficient (Wildman–Crippen LogP) is 0.290. The topological polar surface area (TPSA) is 98.3 Å². The largest absolute Gasteiger partial charge is 0.410 e. The van der Waals surface area contributed by atoms with Gasteiger partial charge in [0.05, 0.1) is 5.56 Å². The highest BCUT2D eigenvalue weighted by Gasteiger charge is 2.11. The zero-order chi connectivity index (χ0) is 12.3. The Morgan fingerprint density at radius 1 is 1.18 bits per heavy atom. The van der Waals surface area contributed by atoms with Gasteiger partial charge in [0.25, 0.3) is 5.56 Å². The second kappa shape index (κ2) is 4.48. The van der Waals surface area contributed by atoms with E-state index in [9.17, 15) is 9.59 Å². The van der Waals surface area contributed by atoms with Crippen molar-refractivity contribution in [3.05, 3.63) is 68.5 Å². The zero-order valence-corrected chi connectivity index (χ0v) is 8.68. The van der Waals surface area contributed by atoms with Gasteiger partial charge in [-0.3, -0.25) is 9.78 Å². The lowest BCUT2D eigenvalue weighted by Crippen LogP contribution is -2.27. The maximum Gasteiger partial charge on any atom is 0.325 e. The average Bonchev–Trinajstić information content (AvgIpc) is 2.34. The van der Waals surface area contributed by atoms with Gasteiger partial charge in [0, 0.05) is 11.8 Å². The summed E-state index contributed by atoms with van der Waals surface area (Å²) in [5, 5.41) is 12.1. The van der Waals surface area contributed by atoms with Crippen molar-refractivity contribution in [3.63, 3.8) is 0 Å². The van der Waals surface area contributed by atoms with Crippen LogP contribution in [0.15, 0.2) is 51.3 Å². The van der Waals surface area contributed by atoms with Crippen molar-refractivity contribution in [3.8, 4) is 0 Å². The van der Waals surface area contributed by atoms with Crippen molar-refractivity contribution >= 4 is 5.71 Å². The van der Waals surface area contributed by atoms with Gasteiger partial charge in [0.1, 0.15) is 5.71 Å². The molecule has 2 rings (SSSR count). The number of H-pyrrole nitrogens is 2. The van der Waals surface area contributed by atoms with E-state index in [1.807, 2.05) is 0 Å². The second-order valence-corrected chi connectivity index (χ2v) is 3.30. The minimum Gasteiger partial charge on any atom is -0.410 e. The van der Waals surface area contributed by atoms with Gasteiger partial charge in [-0.2, -0.15) is 0 Å². The molecular weight excluding hydrogens is 222 g/mol. The fraction of sp³-hybridized carbons (Fsp3) is 0. The molecule has 0 aliphatic heterocycles. The predicted molar refractivity (Wildman–Crippen MR) is 61.6 cm³/mol. The smallest absolute Gasteiger partial charge is 0.325 e. The molecule has 17 heavy (non-hydrogen) atoms. The summed E-state index contributed by atoms with van der Waals surface area (Å²) >= 11 is 0. The van der Waals surface area contributed by atoms with Crippen LogP contribution >= 0.6 is 0 Å². The Balaban J connectivity index is 2.59. The van der Waals surface area contributed by atoms with E-state index in [-0.39, 0.29) is 11.3 Å². The van der Waals surface area contributed by atoms with E-state index in [2.05, 4.69) is 15.1 Å². The summed E-state index contributed by atoms with van der Waals surface area (Å²) in [5.74, 6) is 0. The Labute approximate surface area is 95.3 Å². The van der Waals surface area contributed by atoms with Gasteiger partial charge in [0.15, 0.2) is 0 Å². The number of aromatic nitrogens is 2. The van der Waals surface area contributed by atoms with E-state index in [0.29, 0.717) is 5.56 Å². The third-order valence-electron chi connectivity index (χ3n) is 2.22. The van der Waals surface area contributed by atoms with Gasteiger partial charge in [-0.25, -0.2) is 4.79 Å². The van der Waals surface area contributed by atoms with Gasteiger partial charge in [-0.1, -0.05) is 35.5 Å². The molecule has 2 aromatic rings. The second-order valence-electron chi connectivity index (χ2n) is 3.30. The van der Waals surface area contributed by atoms with E-state index in [4.69, 9.17) is 5.21 Å². The molecule has 1 heterocycles. The van der Waals surface area contributed by atoms with Crippen molar-refractivity contribution < 1.29 is 5.21 Å². The Morgan fingerprint density at radius 3 is 2.47 bits per heavy atom. The average molecular weight is 231 g/mol. The highest BCUT2D eigenvalue weighted by molar-refractivity contribution is 6.12. The van der Waals surface area contributed by atoms with Gasteiger partial charge in [-0.05, 0) is 0 Å². The third kappa shape index (κ3) is 2.15. The molecule has 0 saturated heterocycles. The molecule has 0 spiro atoms. The number of rotatable bonds is 2. The van der Waals surface area contributed by atoms with Crippen molar-refractivity contribution in [2.75, 3.05) is 0 Å². The molecule has 0 atom stereocenters. The normalized spacial score (nSPS) is 11.4. The van der Waals surface area contributed by atoms with E-state index in [1.165, 1.54) is 6.20 Å².